The van der Waals surface area contributed by atoms with Crippen molar-refractivity contribution < 1.29 is 0 Å². The molecule has 0 saturated carbocycles. The van der Waals surface area contributed by atoms with Gasteiger partial charge in [0, 0.05) is 12.4 Å². The molecule has 2 atom stereocenters. The van der Waals surface area contributed by atoms with E-state index in [0.29, 0.717) is 0 Å². The van der Waals surface area contributed by atoms with Gasteiger partial charge >= 0.3 is 0 Å². The number of pyridine rings is 2. The van der Waals surface area contributed by atoms with Gasteiger partial charge in [0.1, 0.15) is 18.7 Å². The summed E-state index contributed by atoms with van der Waals surface area (Å²) in [7, 11) is 0. The zero-order valence-corrected chi connectivity index (χ0v) is 21.2. The molecule has 0 aliphatic heterocycles. The second-order valence-corrected chi connectivity index (χ2v) is 9.35. The maximum atomic E-state index is 9.24. The van der Waals surface area contributed by atoms with E-state index >= 15 is 0 Å². The second-order valence-electron chi connectivity index (χ2n) is 7.14. The monoisotopic (exact) mass is 622 g/mol. The van der Waals surface area contributed by atoms with E-state index in [1.165, 1.54) is 0 Å². The number of rotatable bonds is 3. The van der Waals surface area contributed by atoms with E-state index in [4.69, 9.17) is 5.26 Å². The highest BCUT2D eigenvalue weighted by Crippen LogP contribution is 2.27. The third kappa shape index (κ3) is 4.44. The number of nitrogens with zero attached hydrogens (tertiary/aromatic N) is 6. The fourth-order valence-corrected chi connectivity index (χ4v) is 4.04. The lowest BCUT2D eigenvalue weighted by Crippen LogP contribution is -2.18. The molecule has 4 heterocycles. The molecule has 2 unspecified atom stereocenters. The molecule has 30 heavy (non-hydrogen) atoms. The van der Waals surface area contributed by atoms with Gasteiger partial charge < -0.3 is 0 Å². The van der Waals surface area contributed by atoms with Crippen molar-refractivity contribution in [3.05, 3.63) is 67.6 Å². The third-order valence-electron chi connectivity index (χ3n) is 5.24. The van der Waals surface area contributed by atoms with Gasteiger partial charge in [-0.05, 0) is 101 Å². The molecule has 0 aromatic carbocycles. The average molecular weight is 622 g/mol. The van der Waals surface area contributed by atoms with Crippen LogP contribution in [0.25, 0.3) is 11.3 Å². The molecule has 0 saturated heterocycles. The molecular formula is C22H20I2N6. The van der Waals surface area contributed by atoms with Gasteiger partial charge in [-0.2, -0.15) is 10.5 Å². The van der Waals surface area contributed by atoms with Gasteiger partial charge in [0.15, 0.2) is 0 Å². The summed E-state index contributed by atoms with van der Waals surface area (Å²) in [5.74, 6) is -0.0747. The van der Waals surface area contributed by atoms with Crippen molar-refractivity contribution in [3.63, 3.8) is 0 Å². The number of hydrogen-bond acceptors (Lipinski definition) is 4. The summed E-state index contributed by atoms with van der Waals surface area (Å²) in [6, 6.07) is 12.5. The Bertz CT molecular complexity index is 1280. The van der Waals surface area contributed by atoms with Gasteiger partial charge in [-0.1, -0.05) is 6.92 Å². The van der Waals surface area contributed by atoms with E-state index in [9.17, 15) is 5.26 Å². The van der Waals surface area contributed by atoms with Crippen LogP contribution in [0, 0.1) is 30.1 Å². The van der Waals surface area contributed by atoms with Crippen LogP contribution in [0.3, 0.4) is 0 Å². The maximum absolute atomic E-state index is 9.24. The zero-order chi connectivity index (χ0) is 21.9. The molecule has 0 radical (unpaired) electrons. The van der Waals surface area contributed by atoms with Crippen LogP contribution < -0.4 is 0 Å². The molecule has 152 valence electrons. The number of nitriles is 2. The van der Waals surface area contributed by atoms with Gasteiger partial charge in [-0.3, -0.25) is 8.80 Å². The third-order valence-corrected chi connectivity index (χ3v) is 6.84. The van der Waals surface area contributed by atoms with Gasteiger partial charge in [0.05, 0.1) is 35.9 Å². The summed E-state index contributed by atoms with van der Waals surface area (Å²) >= 11 is 4.47. The van der Waals surface area contributed by atoms with Crippen LogP contribution in [0.4, 0.5) is 0 Å². The summed E-state index contributed by atoms with van der Waals surface area (Å²) in [5, 5.41) is 18.0. The highest BCUT2D eigenvalue weighted by Gasteiger charge is 2.24. The number of fused-ring (bicyclic) bond motifs is 2. The minimum absolute atomic E-state index is 0.0747. The number of aromatic nitrogens is 4. The Labute approximate surface area is 202 Å². The van der Waals surface area contributed by atoms with Crippen LogP contribution in [0.2, 0.25) is 0 Å². The Hall–Kier alpha value is -2.18. The summed E-state index contributed by atoms with van der Waals surface area (Å²) in [5.41, 5.74) is 3.43. The highest BCUT2D eigenvalue weighted by atomic mass is 127. The Morgan fingerprint density at radius 3 is 2.13 bits per heavy atom. The van der Waals surface area contributed by atoms with Crippen molar-refractivity contribution in [2.45, 2.75) is 38.5 Å². The lowest BCUT2D eigenvalue weighted by atomic mass is 9.82. The van der Waals surface area contributed by atoms with Crippen molar-refractivity contribution in [1.29, 1.82) is 10.5 Å². The molecule has 0 N–H and O–H groups in total. The molecule has 0 spiro atoms. The Kier molecular flexibility index (Phi) is 6.98. The lowest BCUT2D eigenvalue weighted by Gasteiger charge is -2.19. The minimum atomic E-state index is -0.418. The van der Waals surface area contributed by atoms with E-state index < -0.39 is 5.41 Å². The number of imidazole rings is 2. The first-order chi connectivity index (χ1) is 14.3. The topological polar surface area (TPSA) is 82.2 Å². The average Bonchev–Trinajstić information content (AvgIpc) is 3.35. The number of halogens is 2. The minimum Gasteiger partial charge on any atom is -0.295 e. The molecule has 0 bridgehead atoms. The van der Waals surface area contributed by atoms with E-state index in [1.807, 2.05) is 78.6 Å². The fraction of sp³-hybridized carbons (Fsp3) is 0.273. The van der Waals surface area contributed by atoms with Gasteiger partial charge in [0.25, 0.3) is 0 Å². The molecule has 0 fully saturated rings. The summed E-state index contributed by atoms with van der Waals surface area (Å²) in [6.45, 7) is 5.88. The molecule has 4 aromatic rings. The Morgan fingerprint density at radius 1 is 1.03 bits per heavy atom. The van der Waals surface area contributed by atoms with Crippen molar-refractivity contribution in [1.82, 2.24) is 18.8 Å². The van der Waals surface area contributed by atoms with Crippen molar-refractivity contribution in [2.24, 2.45) is 0 Å². The summed E-state index contributed by atoms with van der Waals surface area (Å²) in [4.78, 5) is 8.55. The number of hydrogen-bond donors (Lipinski definition) is 0. The Morgan fingerprint density at radius 2 is 1.60 bits per heavy atom. The molecule has 0 amide bonds. The van der Waals surface area contributed by atoms with Crippen molar-refractivity contribution in [2.75, 3.05) is 0 Å². The molecule has 0 aliphatic carbocycles. The van der Waals surface area contributed by atoms with E-state index in [2.05, 4.69) is 67.3 Å². The SMILES string of the molecule is CC(C#N)c1ccn2c(I)cnc2c1.CCC(C)(C#N)c1ccn2c(I)cnc2c1. The van der Waals surface area contributed by atoms with Gasteiger partial charge in [-0.15, -0.1) is 0 Å². The molecule has 4 aromatic heterocycles. The van der Waals surface area contributed by atoms with Gasteiger partial charge in [0.2, 0.25) is 0 Å². The van der Waals surface area contributed by atoms with Crippen LogP contribution >= 0.6 is 45.2 Å². The van der Waals surface area contributed by atoms with Crippen LogP contribution in [-0.4, -0.2) is 18.8 Å². The normalized spacial score (nSPS) is 13.7. The van der Waals surface area contributed by atoms with E-state index in [1.54, 1.807) is 0 Å². The van der Waals surface area contributed by atoms with Crippen molar-refractivity contribution >= 4 is 56.5 Å². The van der Waals surface area contributed by atoms with E-state index in [-0.39, 0.29) is 5.92 Å². The predicted molar refractivity (Wildman–Crippen MR) is 133 cm³/mol. The molecule has 4 rings (SSSR count). The molecular weight excluding hydrogens is 602 g/mol. The largest absolute Gasteiger partial charge is 0.295 e. The first-order valence-corrected chi connectivity index (χ1v) is 11.5. The fourth-order valence-electron chi connectivity index (χ4n) is 2.95. The lowest BCUT2D eigenvalue weighted by molar-refractivity contribution is 0.586. The van der Waals surface area contributed by atoms with E-state index in [0.717, 1.165) is 36.2 Å². The smallest absolute Gasteiger partial charge is 0.137 e. The van der Waals surface area contributed by atoms with Crippen LogP contribution in [0.5, 0.6) is 0 Å². The molecule has 8 heteroatoms. The maximum Gasteiger partial charge on any atom is 0.137 e. The zero-order valence-electron chi connectivity index (χ0n) is 16.8. The first-order valence-electron chi connectivity index (χ1n) is 9.39. The molecule has 0 aliphatic rings. The predicted octanol–water partition coefficient (Wildman–Crippen LogP) is 5.70. The standard InChI is InChI=1S/C12H12IN3.C10H8IN3/c1-3-12(2,8-14)9-4-5-16-10(13)7-15-11(16)6-9;1-7(5-12)8-2-3-14-9(11)6-13-10(14)4-8/h4-7H,3H2,1-2H3;2-4,6-7H,1H3. The van der Waals surface area contributed by atoms with Crippen LogP contribution in [0.15, 0.2) is 49.1 Å². The second kappa shape index (κ2) is 9.31. The quantitative estimate of drug-likeness (QED) is 0.275. The van der Waals surface area contributed by atoms with Crippen LogP contribution in [0.1, 0.15) is 44.2 Å². The summed E-state index contributed by atoms with van der Waals surface area (Å²) in [6.07, 6.45) is 8.38. The summed E-state index contributed by atoms with van der Waals surface area (Å²) < 4.78 is 6.16. The first kappa shape index (κ1) is 22.5. The van der Waals surface area contributed by atoms with Gasteiger partial charge in [-0.25, -0.2) is 9.97 Å². The van der Waals surface area contributed by atoms with Crippen molar-refractivity contribution in [3.8, 4) is 12.1 Å². The Balaban J connectivity index is 0.000000172. The molecule has 6 nitrogen and oxygen atoms in total. The highest BCUT2D eigenvalue weighted by molar-refractivity contribution is 14.1. The van der Waals surface area contributed by atoms with Crippen LogP contribution in [-0.2, 0) is 5.41 Å².